The molecule has 0 saturated carbocycles. The number of rotatable bonds is 6. The standard InChI is InChI=1S/C18H23N3O2/c1-4-14(15-8-6-5-7-9-15)11-19-17(22)10-16-12(2)20-18(23)21-13(16)3/h5-9,14H,4,10-11H2,1-3H3,(H,19,22)(H,20,21,23)/t14-/m0/s1. The summed E-state index contributed by atoms with van der Waals surface area (Å²) in [5.74, 6) is 0.246. The summed E-state index contributed by atoms with van der Waals surface area (Å²) in [5.41, 5.74) is 2.95. The predicted octanol–water partition coefficient (Wildman–Crippen LogP) is 2.24. The highest BCUT2D eigenvalue weighted by molar-refractivity contribution is 5.79. The Labute approximate surface area is 136 Å². The van der Waals surface area contributed by atoms with Crippen molar-refractivity contribution >= 4 is 5.91 Å². The molecule has 122 valence electrons. The van der Waals surface area contributed by atoms with Gasteiger partial charge in [-0.3, -0.25) is 4.79 Å². The third-order valence-electron chi connectivity index (χ3n) is 4.10. The smallest absolute Gasteiger partial charge is 0.345 e. The monoisotopic (exact) mass is 313 g/mol. The summed E-state index contributed by atoms with van der Waals surface area (Å²) in [6.45, 7) is 6.26. The van der Waals surface area contributed by atoms with Crippen molar-refractivity contribution in [2.24, 2.45) is 0 Å². The Morgan fingerprint density at radius 1 is 1.26 bits per heavy atom. The number of aromatic nitrogens is 2. The molecule has 1 heterocycles. The molecule has 0 aliphatic rings. The fourth-order valence-electron chi connectivity index (χ4n) is 2.70. The van der Waals surface area contributed by atoms with Crippen LogP contribution >= 0.6 is 0 Å². The first-order valence-electron chi connectivity index (χ1n) is 7.89. The van der Waals surface area contributed by atoms with E-state index in [1.54, 1.807) is 13.8 Å². The molecule has 1 aromatic heterocycles. The third-order valence-corrected chi connectivity index (χ3v) is 4.10. The van der Waals surface area contributed by atoms with Gasteiger partial charge < -0.3 is 10.3 Å². The van der Waals surface area contributed by atoms with E-state index in [-0.39, 0.29) is 18.0 Å². The fourth-order valence-corrected chi connectivity index (χ4v) is 2.70. The summed E-state index contributed by atoms with van der Waals surface area (Å²) >= 11 is 0. The number of benzene rings is 1. The van der Waals surface area contributed by atoms with Crippen molar-refractivity contribution in [2.45, 2.75) is 39.5 Å². The summed E-state index contributed by atoms with van der Waals surface area (Å²) in [6.07, 6.45) is 1.19. The maximum absolute atomic E-state index is 12.2. The van der Waals surface area contributed by atoms with E-state index < -0.39 is 0 Å². The van der Waals surface area contributed by atoms with Crippen LogP contribution in [0, 0.1) is 13.8 Å². The largest absolute Gasteiger partial charge is 0.355 e. The van der Waals surface area contributed by atoms with E-state index in [4.69, 9.17) is 0 Å². The van der Waals surface area contributed by atoms with Crippen LogP contribution in [0.3, 0.4) is 0 Å². The van der Waals surface area contributed by atoms with Crippen molar-refractivity contribution < 1.29 is 4.79 Å². The second kappa shape index (κ2) is 7.72. The maximum Gasteiger partial charge on any atom is 0.345 e. The molecule has 1 aromatic carbocycles. The number of nitrogens with zero attached hydrogens (tertiary/aromatic N) is 1. The van der Waals surface area contributed by atoms with Gasteiger partial charge in [0, 0.05) is 29.4 Å². The van der Waals surface area contributed by atoms with Crippen LogP contribution < -0.4 is 11.0 Å². The first-order chi connectivity index (χ1) is 11.0. The molecule has 2 N–H and O–H groups in total. The number of amides is 1. The molecule has 23 heavy (non-hydrogen) atoms. The lowest BCUT2D eigenvalue weighted by atomic mass is 9.96. The molecule has 2 rings (SSSR count). The van der Waals surface area contributed by atoms with E-state index in [1.165, 1.54) is 5.56 Å². The van der Waals surface area contributed by atoms with Crippen LogP contribution in [0.1, 0.15) is 41.8 Å². The minimum Gasteiger partial charge on any atom is -0.355 e. The van der Waals surface area contributed by atoms with Crippen molar-refractivity contribution in [3.8, 4) is 0 Å². The van der Waals surface area contributed by atoms with Crippen LogP contribution in [0.2, 0.25) is 0 Å². The summed E-state index contributed by atoms with van der Waals surface area (Å²) in [5, 5.41) is 2.99. The predicted molar refractivity (Wildman–Crippen MR) is 90.5 cm³/mol. The Morgan fingerprint density at radius 2 is 1.96 bits per heavy atom. The van der Waals surface area contributed by atoms with Gasteiger partial charge in [-0.2, -0.15) is 4.98 Å². The quantitative estimate of drug-likeness (QED) is 0.859. The summed E-state index contributed by atoms with van der Waals surface area (Å²) in [7, 11) is 0. The molecule has 2 aromatic rings. The van der Waals surface area contributed by atoms with Crippen molar-refractivity contribution in [1.29, 1.82) is 0 Å². The van der Waals surface area contributed by atoms with Gasteiger partial charge in [0.2, 0.25) is 5.91 Å². The Balaban J connectivity index is 1.99. The molecule has 0 bridgehead atoms. The molecule has 0 unspecified atom stereocenters. The molecular weight excluding hydrogens is 290 g/mol. The zero-order valence-electron chi connectivity index (χ0n) is 13.8. The molecule has 0 radical (unpaired) electrons. The first kappa shape index (κ1) is 16.9. The molecule has 5 nitrogen and oxygen atoms in total. The van der Waals surface area contributed by atoms with E-state index in [0.717, 1.165) is 12.0 Å². The van der Waals surface area contributed by atoms with Crippen LogP contribution in [-0.4, -0.2) is 22.4 Å². The molecule has 0 spiro atoms. The van der Waals surface area contributed by atoms with Crippen LogP contribution in [-0.2, 0) is 11.2 Å². The number of carbonyl (C=O) groups is 1. The molecule has 1 amide bonds. The minimum atomic E-state index is -0.376. The van der Waals surface area contributed by atoms with Gasteiger partial charge in [-0.1, -0.05) is 37.3 Å². The topological polar surface area (TPSA) is 74.8 Å². The van der Waals surface area contributed by atoms with Crippen molar-refractivity contribution in [3.63, 3.8) is 0 Å². The van der Waals surface area contributed by atoms with Gasteiger partial charge in [0.05, 0.1) is 6.42 Å². The normalized spacial score (nSPS) is 12.0. The van der Waals surface area contributed by atoms with Crippen molar-refractivity contribution in [2.75, 3.05) is 6.54 Å². The molecule has 1 atom stereocenters. The molecule has 0 aliphatic heterocycles. The Morgan fingerprint density at radius 3 is 2.57 bits per heavy atom. The minimum absolute atomic E-state index is 0.0561. The van der Waals surface area contributed by atoms with Gasteiger partial charge in [0.25, 0.3) is 0 Å². The average Bonchev–Trinajstić information content (AvgIpc) is 2.52. The number of aromatic amines is 1. The lowest BCUT2D eigenvalue weighted by molar-refractivity contribution is -0.120. The van der Waals surface area contributed by atoms with Gasteiger partial charge >= 0.3 is 5.69 Å². The first-order valence-corrected chi connectivity index (χ1v) is 7.89. The van der Waals surface area contributed by atoms with E-state index in [0.29, 0.717) is 23.9 Å². The Kier molecular flexibility index (Phi) is 5.68. The van der Waals surface area contributed by atoms with Crippen molar-refractivity contribution in [3.05, 3.63) is 63.3 Å². The zero-order valence-corrected chi connectivity index (χ0v) is 13.8. The molecule has 5 heteroatoms. The molecule has 0 fully saturated rings. The number of aryl methyl sites for hydroxylation is 2. The van der Waals surface area contributed by atoms with Crippen LogP contribution in [0.5, 0.6) is 0 Å². The summed E-state index contributed by atoms with van der Waals surface area (Å²) in [4.78, 5) is 30.0. The molecular formula is C18H23N3O2. The average molecular weight is 313 g/mol. The van der Waals surface area contributed by atoms with Crippen LogP contribution in [0.4, 0.5) is 0 Å². The zero-order chi connectivity index (χ0) is 16.8. The summed E-state index contributed by atoms with van der Waals surface area (Å²) < 4.78 is 0. The van der Waals surface area contributed by atoms with Crippen LogP contribution in [0.25, 0.3) is 0 Å². The van der Waals surface area contributed by atoms with Gasteiger partial charge in [0.1, 0.15) is 0 Å². The third kappa shape index (κ3) is 4.52. The van der Waals surface area contributed by atoms with Crippen LogP contribution in [0.15, 0.2) is 35.1 Å². The molecule has 0 aliphatic carbocycles. The Hall–Kier alpha value is -2.43. The van der Waals surface area contributed by atoms with Gasteiger partial charge in [0.15, 0.2) is 0 Å². The highest BCUT2D eigenvalue weighted by Gasteiger charge is 2.14. The van der Waals surface area contributed by atoms with Gasteiger partial charge in [-0.25, -0.2) is 4.79 Å². The molecule has 0 saturated heterocycles. The van der Waals surface area contributed by atoms with E-state index in [9.17, 15) is 9.59 Å². The van der Waals surface area contributed by atoms with E-state index in [1.807, 2.05) is 18.2 Å². The van der Waals surface area contributed by atoms with Gasteiger partial charge in [-0.15, -0.1) is 0 Å². The lowest BCUT2D eigenvalue weighted by Crippen LogP contribution is -2.30. The van der Waals surface area contributed by atoms with Crippen molar-refractivity contribution in [1.82, 2.24) is 15.3 Å². The van der Waals surface area contributed by atoms with E-state index >= 15 is 0 Å². The fraction of sp³-hybridized carbons (Fsp3) is 0.389. The maximum atomic E-state index is 12.2. The van der Waals surface area contributed by atoms with Gasteiger partial charge in [-0.05, 0) is 25.8 Å². The summed E-state index contributed by atoms with van der Waals surface area (Å²) in [6, 6.07) is 10.2. The number of carbonyl (C=O) groups excluding carboxylic acids is 1. The second-order valence-corrected chi connectivity index (χ2v) is 5.73. The highest BCUT2D eigenvalue weighted by Crippen LogP contribution is 2.18. The second-order valence-electron chi connectivity index (χ2n) is 5.73. The number of H-pyrrole nitrogens is 1. The Bertz CT molecular complexity index is 697. The number of hydrogen-bond acceptors (Lipinski definition) is 3. The highest BCUT2D eigenvalue weighted by atomic mass is 16.1. The van der Waals surface area contributed by atoms with E-state index in [2.05, 4.69) is 34.3 Å². The SMILES string of the molecule is CC[C@@H](CNC(=O)Cc1c(C)nc(=O)[nH]c1C)c1ccccc1. The lowest BCUT2D eigenvalue weighted by Gasteiger charge is -2.16. The number of hydrogen-bond donors (Lipinski definition) is 2. The number of nitrogens with one attached hydrogen (secondary N) is 2.